The molecule has 0 saturated heterocycles. The van der Waals surface area contributed by atoms with E-state index in [4.69, 9.17) is 11.6 Å². The lowest BCUT2D eigenvalue weighted by molar-refractivity contribution is -0.126. The molecule has 2 nitrogen and oxygen atoms in total. The second-order valence-electron chi connectivity index (χ2n) is 2.65. The molecule has 0 aromatic rings. The zero-order chi connectivity index (χ0) is 7.72. The number of rotatable bonds is 3. The van der Waals surface area contributed by atoms with Gasteiger partial charge in [-0.15, -0.1) is 11.6 Å². The molecule has 1 aliphatic carbocycles. The Morgan fingerprint density at radius 3 is 2.30 bits per heavy atom. The minimum Gasteiger partial charge on any atom is -0.298 e. The number of ketones is 2. The van der Waals surface area contributed by atoms with Gasteiger partial charge in [-0.1, -0.05) is 0 Å². The van der Waals surface area contributed by atoms with Crippen molar-refractivity contribution in [3.8, 4) is 0 Å². The lowest BCUT2D eigenvalue weighted by atomic mass is 10.1. The fourth-order valence-electron chi connectivity index (χ4n) is 0.775. The van der Waals surface area contributed by atoms with E-state index in [2.05, 4.69) is 0 Å². The summed E-state index contributed by atoms with van der Waals surface area (Å²) in [4.78, 5) is 21.6. The van der Waals surface area contributed by atoms with Gasteiger partial charge in [0, 0.05) is 5.92 Å². The van der Waals surface area contributed by atoms with Gasteiger partial charge in [0.2, 0.25) is 0 Å². The molecule has 0 spiro atoms. The van der Waals surface area contributed by atoms with Gasteiger partial charge in [0.1, 0.15) is 0 Å². The SMILES string of the molecule is CC(=O)C(Cl)C(=O)C1CC1. The first-order valence-corrected chi connectivity index (χ1v) is 3.75. The zero-order valence-electron chi connectivity index (χ0n) is 5.76. The number of carbonyl (C=O) groups is 2. The molecular formula is C7H9ClO2. The van der Waals surface area contributed by atoms with Gasteiger partial charge in [0.25, 0.3) is 0 Å². The molecule has 1 saturated carbocycles. The maximum absolute atomic E-state index is 11.0. The van der Waals surface area contributed by atoms with Gasteiger partial charge in [-0.3, -0.25) is 9.59 Å². The summed E-state index contributed by atoms with van der Waals surface area (Å²) >= 11 is 5.50. The molecule has 10 heavy (non-hydrogen) atoms. The highest BCUT2D eigenvalue weighted by Gasteiger charge is 2.35. The molecule has 0 aromatic carbocycles. The van der Waals surface area contributed by atoms with Crippen molar-refractivity contribution in [2.45, 2.75) is 25.1 Å². The van der Waals surface area contributed by atoms with Gasteiger partial charge in [0.15, 0.2) is 16.9 Å². The summed E-state index contributed by atoms with van der Waals surface area (Å²) in [5.74, 6) is -0.237. The number of halogens is 1. The smallest absolute Gasteiger partial charge is 0.161 e. The fraction of sp³-hybridized carbons (Fsp3) is 0.714. The molecule has 0 bridgehead atoms. The number of carbonyl (C=O) groups excluding carboxylic acids is 2. The van der Waals surface area contributed by atoms with Crippen LogP contribution in [0.5, 0.6) is 0 Å². The first-order valence-electron chi connectivity index (χ1n) is 3.31. The quantitative estimate of drug-likeness (QED) is 0.459. The van der Waals surface area contributed by atoms with Crippen molar-refractivity contribution in [1.29, 1.82) is 0 Å². The molecule has 0 aliphatic heterocycles. The third-order valence-corrected chi connectivity index (χ3v) is 2.11. The van der Waals surface area contributed by atoms with E-state index in [9.17, 15) is 9.59 Å². The highest BCUT2D eigenvalue weighted by Crippen LogP contribution is 2.32. The van der Waals surface area contributed by atoms with Gasteiger partial charge in [-0.05, 0) is 19.8 Å². The standard InChI is InChI=1S/C7H9ClO2/c1-4(9)6(8)7(10)5-2-3-5/h5-6H,2-3H2,1H3. The number of hydrogen-bond donors (Lipinski definition) is 0. The van der Waals surface area contributed by atoms with Crippen LogP contribution < -0.4 is 0 Å². The van der Waals surface area contributed by atoms with Crippen LogP contribution in [0.3, 0.4) is 0 Å². The minimum atomic E-state index is -0.882. The number of alkyl halides is 1. The average molecular weight is 161 g/mol. The predicted molar refractivity (Wildman–Crippen MR) is 38.1 cm³/mol. The van der Waals surface area contributed by atoms with E-state index in [1.807, 2.05) is 0 Å². The Labute approximate surface area is 64.5 Å². The summed E-state index contributed by atoms with van der Waals surface area (Å²) in [5.41, 5.74) is 0. The molecule has 1 rings (SSSR count). The van der Waals surface area contributed by atoms with Crippen molar-refractivity contribution < 1.29 is 9.59 Å². The molecule has 0 amide bonds. The predicted octanol–water partition coefficient (Wildman–Crippen LogP) is 1.16. The molecule has 0 heterocycles. The largest absolute Gasteiger partial charge is 0.298 e. The van der Waals surface area contributed by atoms with Crippen LogP contribution >= 0.6 is 11.6 Å². The lowest BCUT2D eigenvalue weighted by Gasteiger charge is -2.00. The molecule has 0 N–H and O–H groups in total. The first-order chi connectivity index (χ1) is 4.63. The summed E-state index contributed by atoms with van der Waals surface area (Å²) < 4.78 is 0. The van der Waals surface area contributed by atoms with Crippen molar-refractivity contribution in [3.05, 3.63) is 0 Å². The normalized spacial score (nSPS) is 20.2. The Balaban J connectivity index is 2.46. The molecule has 1 aliphatic rings. The van der Waals surface area contributed by atoms with Crippen molar-refractivity contribution in [2.24, 2.45) is 5.92 Å². The molecular weight excluding hydrogens is 152 g/mol. The number of Topliss-reactive ketones (excluding diaryl/α,β-unsaturated/α-hetero) is 2. The van der Waals surface area contributed by atoms with Crippen LogP contribution in [0.4, 0.5) is 0 Å². The third-order valence-electron chi connectivity index (χ3n) is 1.59. The van der Waals surface area contributed by atoms with Crippen molar-refractivity contribution in [3.63, 3.8) is 0 Å². The van der Waals surface area contributed by atoms with Gasteiger partial charge in [0.05, 0.1) is 0 Å². The topological polar surface area (TPSA) is 34.1 Å². The molecule has 56 valence electrons. The Morgan fingerprint density at radius 1 is 1.50 bits per heavy atom. The molecule has 0 radical (unpaired) electrons. The van der Waals surface area contributed by atoms with Crippen molar-refractivity contribution >= 4 is 23.2 Å². The molecule has 1 fully saturated rings. The second kappa shape index (κ2) is 2.70. The van der Waals surface area contributed by atoms with Crippen LogP contribution in [0.2, 0.25) is 0 Å². The first kappa shape index (κ1) is 7.73. The number of hydrogen-bond acceptors (Lipinski definition) is 2. The Morgan fingerprint density at radius 2 is 2.00 bits per heavy atom. The zero-order valence-corrected chi connectivity index (χ0v) is 6.52. The van der Waals surface area contributed by atoms with E-state index in [-0.39, 0.29) is 17.5 Å². The maximum Gasteiger partial charge on any atom is 0.161 e. The lowest BCUT2D eigenvalue weighted by Crippen LogP contribution is -2.23. The summed E-state index contributed by atoms with van der Waals surface area (Å²) in [6.45, 7) is 1.35. The van der Waals surface area contributed by atoms with E-state index in [1.165, 1.54) is 6.92 Å². The van der Waals surface area contributed by atoms with E-state index < -0.39 is 5.38 Å². The van der Waals surface area contributed by atoms with Gasteiger partial charge >= 0.3 is 0 Å². The monoisotopic (exact) mass is 160 g/mol. The van der Waals surface area contributed by atoms with Crippen molar-refractivity contribution in [1.82, 2.24) is 0 Å². The van der Waals surface area contributed by atoms with Crippen molar-refractivity contribution in [2.75, 3.05) is 0 Å². The average Bonchev–Trinajstić information content (AvgIpc) is 2.65. The Kier molecular flexibility index (Phi) is 2.09. The van der Waals surface area contributed by atoms with E-state index in [1.54, 1.807) is 0 Å². The van der Waals surface area contributed by atoms with E-state index in [0.717, 1.165) is 12.8 Å². The third kappa shape index (κ3) is 1.57. The van der Waals surface area contributed by atoms with Crippen LogP contribution in [0.15, 0.2) is 0 Å². The Bertz CT molecular complexity index is 172. The van der Waals surface area contributed by atoms with Crippen LogP contribution in [0.25, 0.3) is 0 Å². The van der Waals surface area contributed by atoms with Crippen LogP contribution in [-0.4, -0.2) is 16.9 Å². The molecule has 1 atom stereocenters. The summed E-state index contributed by atoms with van der Waals surface area (Å²) in [6.07, 6.45) is 1.82. The minimum absolute atomic E-state index is 0.0887. The highest BCUT2D eigenvalue weighted by atomic mass is 35.5. The second-order valence-corrected chi connectivity index (χ2v) is 3.09. The Hall–Kier alpha value is -0.370. The fourth-order valence-corrected chi connectivity index (χ4v) is 0.953. The summed E-state index contributed by atoms with van der Waals surface area (Å²) in [5, 5.41) is -0.882. The summed E-state index contributed by atoms with van der Waals surface area (Å²) in [6, 6.07) is 0. The van der Waals surface area contributed by atoms with Gasteiger partial charge < -0.3 is 0 Å². The molecule has 3 heteroatoms. The van der Waals surface area contributed by atoms with Crippen LogP contribution in [0.1, 0.15) is 19.8 Å². The maximum atomic E-state index is 11.0. The van der Waals surface area contributed by atoms with Gasteiger partial charge in [-0.25, -0.2) is 0 Å². The molecule has 0 aromatic heterocycles. The van der Waals surface area contributed by atoms with Crippen LogP contribution in [-0.2, 0) is 9.59 Å². The summed E-state index contributed by atoms with van der Waals surface area (Å²) in [7, 11) is 0. The molecule has 1 unspecified atom stereocenters. The van der Waals surface area contributed by atoms with Crippen LogP contribution in [0, 0.1) is 5.92 Å². The van der Waals surface area contributed by atoms with E-state index >= 15 is 0 Å². The van der Waals surface area contributed by atoms with Gasteiger partial charge in [-0.2, -0.15) is 0 Å². The van der Waals surface area contributed by atoms with E-state index in [0.29, 0.717) is 0 Å². The highest BCUT2D eigenvalue weighted by molar-refractivity contribution is 6.42.